The summed E-state index contributed by atoms with van der Waals surface area (Å²) >= 11 is 7.90. The van der Waals surface area contributed by atoms with E-state index in [4.69, 9.17) is 11.6 Å². The fraction of sp³-hybridized carbons (Fsp3) is 0.533. The van der Waals surface area contributed by atoms with Crippen molar-refractivity contribution in [3.05, 3.63) is 27.3 Å². The Bertz CT molecular complexity index is 622. The molecular formula is C15H19ClFIN2. The number of hydrogen-bond acceptors (Lipinski definition) is 1. The average molecular weight is 409 g/mol. The van der Waals surface area contributed by atoms with E-state index in [0.717, 1.165) is 29.7 Å². The van der Waals surface area contributed by atoms with Gasteiger partial charge in [0.05, 0.1) is 14.6 Å². The molecule has 2 nitrogen and oxygen atoms in total. The smallest absolute Gasteiger partial charge is 0.138 e. The molecule has 110 valence electrons. The van der Waals surface area contributed by atoms with Gasteiger partial charge in [0.1, 0.15) is 11.6 Å². The van der Waals surface area contributed by atoms with Crippen LogP contribution in [0.5, 0.6) is 0 Å². The van der Waals surface area contributed by atoms with Gasteiger partial charge in [-0.2, -0.15) is 0 Å². The number of imidazole rings is 1. The summed E-state index contributed by atoms with van der Waals surface area (Å²) in [5.41, 5.74) is 1.62. The Kier molecular flexibility index (Phi) is 4.95. The van der Waals surface area contributed by atoms with Crippen molar-refractivity contribution in [1.82, 2.24) is 9.55 Å². The molecule has 0 radical (unpaired) electrons. The molecule has 0 fully saturated rings. The molecule has 2 aromatic rings. The van der Waals surface area contributed by atoms with E-state index in [1.807, 2.05) is 28.7 Å². The van der Waals surface area contributed by atoms with Crippen LogP contribution >= 0.6 is 34.2 Å². The molecule has 0 saturated heterocycles. The van der Waals surface area contributed by atoms with Crippen molar-refractivity contribution in [3.63, 3.8) is 0 Å². The van der Waals surface area contributed by atoms with Gasteiger partial charge in [-0.1, -0.05) is 13.3 Å². The summed E-state index contributed by atoms with van der Waals surface area (Å²) in [7, 11) is 0. The molecule has 0 N–H and O–H groups in total. The van der Waals surface area contributed by atoms with Crippen molar-refractivity contribution < 1.29 is 4.39 Å². The lowest BCUT2D eigenvalue weighted by atomic mass is 9.97. The lowest BCUT2D eigenvalue weighted by Gasteiger charge is -2.29. The molecule has 1 aromatic heterocycles. The van der Waals surface area contributed by atoms with Crippen LogP contribution in [0.3, 0.4) is 0 Å². The molecule has 0 aliphatic carbocycles. The number of fused-ring (bicyclic) bond motifs is 1. The first-order valence-corrected chi connectivity index (χ1v) is 8.45. The molecule has 0 amide bonds. The molecule has 20 heavy (non-hydrogen) atoms. The van der Waals surface area contributed by atoms with Crippen LogP contribution in [0.4, 0.5) is 4.39 Å². The third kappa shape index (κ3) is 2.96. The van der Waals surface area contributed by atoms with Gasteiger partial charge in [0, 0.05) is 23.9 Å². The largest absolute Gasteiger partial charge is 0.322 e. The number of rotatable bonds is 5. The first kappa shape index (κ1) is 16.0. The minimum atomic E-state index is -0.191. The van der Waals surface area contributed by atoms with E-state index in [0.29, 0.717) is 15.9 Å². The van der Waals surface area contributed by atoms with Crippen molar-refractivity contribution in [2.45, 2.75) is 45.6 Å². The van der Waals surface area contributed by atoms with Crippen LogP contribution in [0.1, 0.15) is 39.4 Å². The summed E-state index contributed by atoms with van der Waals surface area (Å²) in [6.07, 6.45) is 2.78. The number of aryl methyl sites for hydroxylation is 1. The van der Waals surface area contributed by atoms with Crippen LogP contribution in [-0.4, -0.2) is 15.4 Å². The van der Waals surface area contributed by atoms with E-state index in [2.05, 4.69) is 30.3 Å². The molecule has 5 heteroatoms. The second-order valence-corrected chi connectivity index (χ2v) is 7.16. The summed E-state index contributed by atoms with van der Waals surface area (Å²) in [6.45, 7) is 6.50. The van der Waals surface area contributed by atoms with Crippen LogP contribution in [0.2, 0.25) is 0 Å². The van der Waals surface area contributed by atoms with Gasteiger partial charge >= 0.3 is 0 Å². The molecule has 2 rings (SSSR count). The molecule has 0 saturated carbocycles. The highest BCUT2D eigenvalue weighted by atomic mass is 127. The molecular weight excluding hydrogens is 390 g/mol. The number of aromatic nitrogens is 2. The predicted molar refractivity (Wildman–Crippen MR) is 91.1 cm³/mol. The molecule has 0 spiro atoms. The van der Waals surface area contributed by atoms with Gasteiger partial charge in [0.15, 0.2) is 0 Å². The Labute approximate surface area is 137 Å². The third-order valence-corrected chi connectivity index (χ3v) is 4.57. The van der Waals surface area contributed by atoms with Gasteiger partial charge in [-0.25, -0.2) is 9.37 Å². The maximum atomic E-state index is 13.9. The van der Waals surface area contributed by atoms with Gasteiger partial charge in [0.2, 0.25) is 0 Å². The standard InChI is InChI=1S/C15H19ClFIN2/c1-4-6-15(2,3)20-13-8-10(17)11(18)9-12(13)19-14(20)5-7-16/h8-9H,4-7H2,1-3H3. The average Bonchev–Trinajstić information content (AvgIpc) is 2.68. The predicted octanol–water partition coefficient (Wildman–Crippen LogP) is 5.10. The first-order valence-electron chi connectivity index (χ1n) is 6.83. The summed E-state index contributed by atoms with van der Waals surface area (Å²) in [5, 5.41) is 0. The fourth-order valence-electron chi connectivity index (χ4n) is 2.77. The van der Waals surface area contributed by atoms with Gasteiger partial charge in [-0.3, -0.25) is 0 Å². The van der Waals surface area contributed by atoms with Crippen molar-refractivity contribution in [3.8, 4) is 0 Å². The van der Waals surface area contributed by atoms with Gasteiger partial charge in [0.25, 0.3) is 0 Å². The minimum absolute atomic E-state index is 0.0931. The molecule has 1 aromatic carbocycles. The van der Waals surface area contributed by atoms with Crippen molar-refractivity contribution >= 4 is 45.2 Å². The van der Waals surface area contributed by atoms with Gasteiger partial charge in [-0.15, -0.1) is 11.6 Å². The SMILES string of the molecule is CCCC(C)(C)n1c(CCCl)nc2cc(I)c(F)cc21. The normalized spacial score (nSPS) is 12.3. The second kappa shape index (κ2) is 6.18. The van der Waals surface area contributed by atoms with Crippen LogP contribution < -0.4 is 0 Å². The van der Waals surface area contributed by atoms with E-state index >= 15 is 0 Å². The number of benzene rings is 1. The Morgan fingerprint density at radius 2 is 2.10 bits per heavy atom. The Morgan fingerprint density at radius 1 is 1.40 bits per heavy atom. The molecule has 0 aliphatic heterocycles. The van der Waals surface area contributed by atoms with Crippen molar-refractivity contribution in [2.24, 2.45) is 0 Å². The van der Waals surface area contributed by atoms with E-state index in [1.165, 1.54) is 0 Å². The molecule has 0 unspecified atom stereocenters. The summed E-state index contributed by atoms with van der Waals surface area (Å²) < 4.78 is 16.7. The van der Waals surface area contributed by atoms with E-state index in [-0.39, 0.29) is 11.4 Å². The third-order valence-electron chi connectivity index (χ3n) is 3.55. The summed E-state index contributed by atoms with van der Waals surface area (Å²) in [6, 6.07) is 3.40. The molecule has 0 atom stereocenters. The first-order chi connectivity index (χ1) is 9.40. The zero-order chi connectivity index (χ0) is 14.9. The minimum Gasteiger partial charge on any atom is -0.322 e. The monoisotopic (exact) mass is 408 g/mol. The Morgan fingerprint density at radius 3 is 2.70 bits per heavy atom. The highest BCUT2D eigenvalue weighted by molar-refractivity contribution is 14.1. The zero-order valence-electron chi connectivity index (χ0n) is 12.0. The maximum absolute atomic E-state index is 13.9. The molecule has 1 heterocycles. The summed E-state index contributed by atoms with van der Waals surface area (Å²) in [5.74, 6) is 1.27. The topological polar surface area (TPSA) is 17.8 Å². The molecule has 0 aliphatic rings. The highest BCUT2D eigenvalue weighted by Gasteiger charge is 2.25. The second-order valence-electron chi connectivity index (χ2n) is 5.62. The molecule has 0 bridgehead atoms. The van der Waals surface area contributed by atoms with Crippen molar-refractivity contribution in [2.75, 3.05) is 5.88 Å². The van der Waals surface area contributed by atoms with Crippen LogP contribution in [0.15, 0.2) is 12.1 Å². The highest BCUT2D eigenvalue weighted by Crippen LogP contribution is 2.31. The van der Waals surface area contributed by atoms with Crippen LogP contribution in [0.25, 0.3) is 11.0 Å². The van der Waals surface area contributed by atoms with Crippen LogP contribution in [0, 0.1) is 9.39 Å². The maximum Gasteiger partial charge on any atom is 0.138 e. The number of alkyl halides is 1. The van der Waals surface area contributed by atoms with Gasteiger partial charge in [-0.05, 0) is 48.9 Å². The lowest BCUT2D eigenvalue weighted by Crippen LogP contribution is -2.28. The number of halogens is 3. The summed E-state index contributed by atoms with van der Waals surface area (Å²) in [4.78, 5) is 4.66. The van der Waals surface area contributed by atoms with Crippen molar-refractivity contribution in [1.29, 1.82) is 0 Å². The number of nitrogens with zero attached hydrogens (tertiary/aromatic N) is 2. The lowest BCUT2D eigenvalue weighted by molar-refractivity contribution is 0.324. The van der Waals surface area contributed by atoms with E-state index in [1.54, 1.807) is 6.07 Å². The Hall–Kier alpha value is -0.360. The van der Waals surface area contributed by atoms with E-state index in [9.17, 15) is 4.39 Å². The zero-order valence-corrected chi connectivity index (χ0v) is 14.9. The van der Waals surface area contributed by atoms with Gasteiger partial charge < -0.3 is 4.57 Å². The number of hydrogen-bond donors (Lipinski definition) is 0. The Balaban J connectivity index is 2.70. The van der Waals surface area contributed by atoms with E-state index < -0.39 is 0 Å². The quantitative estimate of drug-likeness (QED) is 0.497. The van der Waals surface area contributed by atoms with Crippen LogP contribution in [-0.2, 0) is 12.0 Å². The fourth-order valence-corrected chi connectivity index (χ4v) is 3.39.